The molecule has 0 aromatic heterocycles. The molecule has 0 spiro atoms. The Hall–Kier alpha value is -2.99. The number of anilines is 1. The second-order valence-electron chi connectivity index (χ2n) is 6.85. The molecule has 2 aromatic rings. The fourth-order valence-corrected chi connectivity index (χ4v) is 3.31. The van der Waals surface area contributed by atoms with Crippen LogP contribution in [0.2, 0.25) is 0 Å². The van der Waals surface area contributed by atoms with E-state index in [1.807, 2.05) is 39.0 Å². The molecule has 140 valence electrons. The first kappa shape index (κ1) is 18.8. The van der Waals surface area contributed by atoms with Gasteiger partial charge >= 0.3 is 0 Å². The van der Waals surface area contributed by atoms with Gasteiger partial charge in [0.25, 0.3) is 17.7 Å². The quantitative estimate of drug-likeness (QED) is 0.797. The minimum Gasteiger partial charge on any atom is -0.395 e. The lowest BCUT2D eigenvalue weighted by atomic mass is 9.97. The number of carbonyl (C=O) groups is 3. The van der Waals surface area contributed by atoms with Crippen molar-refractivity contribution in [1.29, 1.82) is 0 Å². The highest BCUT2D eigenvalue weighted by atomic mass is 16.3. The van der Waals surface area contributed by atoms with Crippen molar-refractivity contribution in [2.24, 2.45) is 0 Å². The van der Waals surface area contributed by atoms with E-state index in [0.29, 0.717) is 5.69 Å². The molecule has 2 aromatic carbocycles. The molecule has 0 saturated heterocycles. The highest BCUT2D eigenvalue weighted by molar-refractivity contribution is 6.35. The van der Waals surface area contributed by atoms with Crippen molar-refractivity contribution < 1.29 is 19.5 Å². The van der Waals surface area contributed by atoms with Gasteiger partial charge in [-0.1, -0.05) is 32.0 Å². The second-order valence-corrected chi connectivity index (χ2v) is 6.85. The van der Waals surface area contributed by atoms with E-state index >= 15 is 0 Å². The molecular formula is C21H22N2O4. The molecule has 0 fully saturated rings. The summed E-state index contributed by atoms with van der Waals surface area (Å²) in [4.78, 5) is 39.3. The first-order valence-corrected chi connectivity index (χ1v) is 8.88. The third kappa shape index (κ3) is 3.24. The van der Waals surface area contributed by atoms with Crippen LogP contribution < -0.4 is 10.2 Å². The summed E-state index contributed by atoms with van der Waals surface area (Å²) in [6.07, 6.45) is 0. The number of aryl methyl sites for hydroxylation is 1. The zero-order valence-electron chi connectivity index (χ0n) is 15.6. The van der Waals surface area contributed by atoms with E-state index in [-0.39, 0.29) is 41.7 Å². The molecule has 0 radical (unpaired) electrons. The number of para-hydroxylation sites is 1. The van der Waals surface area contributed by atoms with E-state index in [2.05, 4.69) is 5.32 Å². The number of hydrogen-bond acceptors (Lipinski definition) is 4. The minimum absolute atomic E-state index is 0.121. The van der Waals surface area contributed by atoms with E-state index in [0.717, 1.165) is 11.1 Å². The van der Waals surface area contributed by atoms with Crippen LogP contribution in [0.4, 0.5) is 5.69 Å². The number of carbonyl (C=O) groups excluding carboxylic acids is 3. The maximum atomic E-state index is 13.1. The van der Waals surface area contributed by atoms with Crippen molar-refractivity contribution in [2.45, 2.75) is 26.7 Å². The largest absolute Gasteiger partial charge is 0.395 e. The third-order valence-corrected chi connectivity index (χ3v) is 4.66. The predicted octanol–water partition coefficient (Wildman–Crippen LogP) is 2.64. The van der Waals surface area contributed by atoms with Crippen LogP contribution >= 0.6 is 0 Å². The number of aliphatic hydroxyl groups excluding tert-OH is 1. The topological polar surface area (TPSA) is 86.7 Å². The molecule has 6 heteroatoms. The lowest BCUT2D eigenvalue weighted by Crippen LogP contribution is -2.31. The molecular weight excluding hydrogens is 344 g/mol. The normalized spacial score (nSPS) is 13.3. The number of hydrogen-bond donors (Lipinski definition) is 2. The monoisotopic (exact) mass is 366 g/mol. The summed E-state index contributed by atoms with van der Waals surface area (Å²) in [5, 5.41) is 11.4. The average Bonchev–Trinajstić information content (AvgIpc) is 2.89. The first-order chi connectivity index (χ1) is 12.9. The molecule has 3 rings (SSSR count). The van der Waals surface area contributed by atoms with Gasteiger partial charge in [0.05, 0.1) is 23.4 Å². The van der Waals surface area contributed by atoms with Gasteiger partial charge < -0.3 is 10.4 Å². The number of imide groups is 1. The molecule has 0 aliphatic carbocycles. The number of fused-ring (bicyclic) bond motifs is 1. The summed E-state index contributed by atoms with van der Waals surface area (Å²) in [6, 6.07) is 10.2. The molecule has 6 nitrogen and oxygen atoms in total. The molecule has 1 aliphatic heterocycles. The number of nitrogens with one attached hydrogen (secondary N) is 1. The first-order valence-electron chi connectivity index (χ1n) is 8.88. The Bertz CT molecular complexity index is 934. The molecule has 27 heavy (non-hydrogen) atoms. The molecule has 0 saturated carbocycles. The summed E-state index contributed by atoms with van der Waals surface area (Å²) in [5.74, 6) is -1.06. The molecule has 1 heterocycles. The summed E-state index contributed by atoms with van der Waals surface area (Å²) in [6.45, 7) is 5.85. The Morgan fingerprint density at radius 3 is 2.48 bits per heavy atom. The van der Waals surface area contributed by atoms with Crippen LogP contribution in [0.3, 0.4) is 0 Å². The zero-order chi connectivity index (χ0) is 19.7. The Morgan fingerprint density at radius 2 is 1.81 bits per heavy atom. The van der Waals surface area contributed by atoms with Gasteiger partial charge in [-0.05, 0) is 42.2 Å². The van der Waals surface area contributed by atoms with E-state index < -0.39 is 11.8 Å². The van der Waals surface area contributed by atoms with E-state index in [1.165, 1.54) is 23.1 Å². The lowest BCUT2D eigenvalue weighted by Gasteiger charge is -2.22. The van der Waals surface area contributed by atoms with Gasteiger partial charge in [-0.3, -0.25) is 14.4 Å². The van der Waals surface area contributed by atoms with Crippen LogP contribution in [-0.4, -0.2) is 36.0 Å². The summed E-state index contributed by atoms with van der Waals surface area (Å²) in [5.41, 5.74) is 3.16. The van der Waals surface area contributed by atoms with Gasteiger partial charge in [0.1, 0.15) is 0 Å². The van der Waals surface area contributed by atoms with Crippen molar-refractivity contribution in [1.82, 2.24) is 5.32 Å². The van der Waals surface area contributed by atoms with Crippen molar-refractivity contribution in [3.8, 4) is 0 Å². The fourth-order valence-electron chi connectivity index (χ4n) is 3.31. The smallest absolute Gasteiger partial charge is 0.266 e. The highest BCUT2D eigenvalue weighted by Crippen LogP contribution is 2.36. The Kier molecular flexibility index (Phi) is 5.10. The van der Waals surface area contributed by atoms with Crippen LogP contribution in [0, 0.1) is 6.92 Å². The van der Waals surface area contributed by atoms with Crippen LogP contribution in [0.25, 0.3) is 0 Å². The van der Waals surface area contributed by atoms with E-state index in [4.69, 9.17) is 5.11 Å². The van der Waals surface area contributed by atoms with Gasteiger partial charge in [-0.2, -0.15) is 0 Å². The molecule has 2 N–H and O–H groups in total. The zero-order valence-corrected chi connectivity index (χ0v) is 15.6. The van der Waals surface area contributed by atoms with E-state index in [9.17, 15) is 14.4 Å². The van der Waals surface area contributed by atoms with Crippen molar-refractivity contribution >= 4 is 23.4 Å². The van der Waals surface area contributed by atoms with Crippen LogP contribution in [0.1, 0.15) is 62.0 Å². The Morgan fingerprint density at radius 1 is 1.11 bits per heavy atom. The van der Waals surface area contributed by atoms with Gasteiger partial charge in [0.15, 0.2) is 0 Å². The van der Waals surface area contributed by atoms with Gasteiger partial charge in [0, 0.05) is 12.1 Å². The number of amides is 3. The summed E-state index contributed by atoms with van der Waals surface area (Å²) in [7, 11) is 0. The number of aliphatic hydroxyl groups is 1. The van der Waals surface area contributed by atoms with Crippen molar-refractivity contribution in [3.05, 3.63) is 64.2 Å². The third-order valence-electron chi connectivity index (χ3n) is 4.66. The van der Waals surface area contributed by atoms with Crippen LogP contribution in [0.15, 0.2) is 36.4 Å². The van der Waals surface area contributed by atoms with Crippen LogP contribution in [0.5, 0.6) is 0 Å². The van der Waals surface area contributed by atoms with E-state index in [1.54, 1.807) is 0 Å². The van der Waals surface area contributed by atoms with Gasteiger partial charge in [-0.25, -0.2) is 4.90 Å². The maximum absolute atomic E-state index is 13.1. The minimum atomic E-state index is -0.428. The number of benzene rings is 2. The molecule has 0 atom stereocenters. The molecule has 0 unspecified atom stereocenters. The second kappa shape index (κ2) is 7.32. The molecule has 3 amide bonds. The summed E-state index contributed by atoms with van der Waals surface area (Å²) >= 11 is 0. The predicted molar refractivity (Wildman–Crippen MR) is 102 cm³/mol. The van der Waals surface area contributed by atoms with Crippen molar-refractivity contribution in [3.63, 3.8) is 0 Å². The van der Waals surface area contributed by atoms with Crippen LogP contribution in [-0.2, 0) is 0 Å². The fraction of sp³-hybridized carbons (Fsp3) is 0.286. The van der Waals surface area contributed by atoms with Gasteiger partial charge in [0.2, 0.25) is 0 Å². The average molecular weight is 366 g/mol. The highest BCUT2D eigenvalue weighted by Gasteiger charge is 2.39. The number of nitrogens with zero attached hydrogens (tertiary/aromatic N) is 1. The summed E-state index contributed by atoms with van der Waals surface area (Å²) < 4.78 is 0. The van der Waals surface area contributed by atoms with Crippen molar-refractivity contribution in [2.75, 3.05) is 18.1 Å². The SMILES string of the molecule is Cc1cccc(C(C)C)c1N1C(=O)c2ccc(C(=O)NCCO)cc2C1=O. The Balaban J connectivity index is 2.04. The maximum Gasteiger partial charge on any atom is 0.266 e. The number of rotatable bonds is 5. The molecule has 0 bridgehead atoms. The Labute approximate surface area is 157 Å². The lowest BCUT2D eigenvalue weighted by molar-refractivity contribution is 0.0922. The molecule has 1 aliphatic rings. The standard InChI is InChI=1S/C21H22N2O4/c1-12(2)15-6-4-5-13(3)18(15)23-20(26)16-8-7-14(11-17(16)21(23)27)19(25)22-9-10-24/h4-8,11-12,24H,9-10H2,1-3H3,(H,22,25). The van der Waals surface area contributed by atoms with Gasteiger partial charge in [-0.15, -0.1) is 0 Å².